The van der Waals surface area contributed by atoms with Crippen LogP contribution >= 0.6 is 11.6 Å². The molecule has 0 radical (unpaired) electrons. The summed E-state index contributed by atoms with van der Waals surface area (Å²) >= 11 is 5.83. The molecule has 6 nitrogen and oxygen atoms in total. The van der Waals surface area contributed by atoms with Gasteiger partial charge in [-0.05, 0) is 30.5 Å². The summed E-state index contributed by atoms with van der Waals surface area (Å²) in [7, 11) is -3.25. The Labute approximate surface area is 134 Å². The topological polar surface area (TPSA) is 68.1 Å². The maximum absolute atomic E-state index is 12.4. The molecule has 1 aliphatic heterocycles. The van der Waals surface area contributed by atoms with E-state index in [0.29, 0.717) is 24.5 Å². The van der Waals surface area contributed by atoms with Crippen LogP contribution in [0.4, 0.5) is 0 Å². The molecule has 2 aromatic rings. The third-order valence-electron chi connectivity index (χ3n) is 3.90. The van der Waals surface area contributed by atoms with E-state index in [1.54, 1.807) is 33.5 Å². The van der Waals surface area contributed by atoms with Crippen molar-refractivity contribution in [1.29, 1.82) is 0 Å². The van der Waals surface area contributed by atoms with Gasteiger partial charge in [0.05, 0.1) is 18.0 Å². The lowest BCUT2D eigenvalue weighted by atomic mass is 10.2. The number of nitrogens with zero attached hydrogens (tertiary/aromatic N) is 4. The van der Waals surface area contributed by atoms with Crippen molar-refractivity contribution >= 4 is 21.6 Å². The fourth-order valence-electron chi connectivity index (χ4n) is 2.62. The molecule has 0 amide bonds. The fourth-order valence-corrected chi connectivity index (χ4v) is 4.28. The Morgan fingerprint density at radius 2 is 2.05 bits per heavy atom. The molecule has 1 aromatic heterocycles. The molecule has 1 atom stereocenters. The van der Waals surface area contributed by atoms with Crippen molar-refractivity contribution in [1.82, 2.24) is 19.3 Å². The Morgan fingerprint density at radius 3 is 2.73 bits per heavy atom. The Bertz CT molecular complexity index is 716. The molecule has 22 heavy (non-hydrogen) atoms. The van der Waals surface area contributed by atoms with Crippen LogP contribution in [-0.4, -0.2) is 46.6 Å². The quantitative estimate of drug-likeness (QED) is 0.831. The van der Waals surface area contributed by atoms with E-state index in [2.05, 4.69) is 10.3 Å². The number of aryl methyl sites for hydroxylation is 1. The van der Waals surface area contributed by atoms with Gasteiger partial charge in [0.2, 0.25) is 10.0 Å². The average molecular weight is 341 g/mol. The minimum atomic E-state index is -3.25. The second-order valence-electron chi connectivity index (χ2n) is 5.38. The summed E-state index contributed by atoms with van der Waals surface area (Å²) in [5, 5.41) is 8.37. The third-order valence-corrected chi connectivity index (χ3v) is 5.99. The molecular formula is C14H17ClN4O2S. The van der Waals surface area contributed by atoms with Crippen LogP contribution in [0.1, 0.15) is 18.0 Å². The normalized spacial score (nSPS) is 19.6. The zero-order chi connectivity index (χ0) is 15.6. The van der Waals surface area contributed by atoms with Crippen molar-refractivity contribution in [3.8, 4) is 0 Å². The van der Waals surface area contributed by atoms with Gasteiger partial charge < -0.3 is 0 Å². The zero-order valence-corrected chi connectivity index (χ0v) is 13.5. The van der Waals surface area contributed by atoms with Gasteiger partial charge in [-0.3, -0.25) is 0 Å². The number of hydrogen-bond donors (Lipinski definition) is 0. The molecule has 1 fully saturated rings. The van der Waals surface area contributed by atoms with Crippen molar-refractivity contribution in [2.45, 2.75) is 18.9 Å². The molecule has 1 saturated heterocycles. The Morgan fingerprint density at radius 1 is 1.27 bits per heavy atom. The molecule has 118 valence electrons. The van der Waals surface area contributed by atoms with Gasteiger partial charge in [-0.15, -0.1) is 5.10 Å². The molecule has 3 rings (SSSR count). The minimum absolute atomic E-state index is 0.0767. The SMILES string of the molecule is O=S(=O)(CCc1ccc(Cl)cc1)N1CCC(n2ccnn2)C1. The van der Waals surface area contributed by atoms with Crippen LogP contribution in [0.15, 0.2) is 36.7 Å². The first-order valence-corrected chi connectivity index (χ1v) is 9.11. The summed E-state index contributed by atoms with van der Waals surface area (Å²) in [6.45, 7) is 1.000. The first-order chi connectivity index (χ1) is 10.5. The van der Waals surface area contributed by atoms with Gasteiger partial charge in [-0.1, -0.05) is 28.9 Å². The summed E-state index contributed by atoms with van der Waals surface area (Å²) in [4.78, 5) is 0. The number of aromatic nitrogens is 3. The van der Waals surface area contributed by atoms with Crippen LogP contribution in [0.5, 0.6) is 0 Å². The van der Waals surface area contributed by atoms with Crippen LogP contribution in [-0.2, 0) is 16.4 Å². The molecule has 0 bridgehead atoms. The maximum Gasteiger partial charge on any atom is 0.214 e. The van der Waals surface area contributed by atoms with E-state index in [9.17, 15) is 8.42 Å². The van der Waals surface area contributed by atoms with E-state index < -0.39 is 10.0 Å². The van der Waals surface area contributed by atoms with Gasteiger partial charge in [0.1, 0.15) is 0 Å². The molecule has 1 aliphatic rings. The molecule has 1 aromatic carbocycles. The van der Waals surface area contributed by atoms with Crippen molar-refractivity contribution in [3.63, 3.8) is 0 Å². The summed E-state index contributed by atoms with van der Waals surface area (Å²) < 4.78 is 28.2. The van der Waals surface area contributed by atoms with E-state index >= 15 is 0 Å². The van der Waals surface area contributed by atoms with Crippen LogP contribution in [0.3, 0.4) is 0 Å². The highest BCUT2D eigenvalue weighted by Crippen LogP contribution is 2.23. The van der Waals surface area contributed by atoms with Crippen LogP contribution in [0.2, 0.25) is 5.02 Å². The second kappa shape index (κ2) is 6.36. The van der Waals surface area contributed by atoms with Gasteiger partial charge in [-0.25, -0.2) is 13.1 Å². The molecule has 0 aliphatic carbocycles. The van der Waals surface area contributed by atoms with Gasteiger partial charge in [0.15, 0.2) is 0 Å². The molecule has 8 heteroatoms. The van der Waals surface area contributed by atoms with Crippen molar-refractivity contribution < 1.29 is 8.42 Å². The van der Waals surface area contributed by atoms with Crippen molar-refractivity contribution in [2.75, 3.05) is 18.8 Å². The van der Waals surface area contributed by atoms with E-state index in [0.717, 1.165) is 12.0 Å². The largest absolute Gasteiger partial charge is 0.248 e. The highest BCUT2D eigenvalue weighted by atomic mass is 35.5. The van der Waals surface area contributed by atoms with Crippen LogP contribution in [0, 0.1) is 0 Å². The highest BCUT2D eigenvalue weighted by Gasteiger charge is 2.32. The minimum Gasteiger partial charge on any atom is -0.248 e. The lowest BCUT2D eigenvalue weighted by Gasteiger charge is -2.16. The van der Waals surface area contributed by atoms with Crippen LogP contribution in [0.25, 0.3) is 0 Å². The lowest BCUT2D eigenvalue weighted by molar-refractivity contribution is 0.428. The van der Waals surface area contributed by atoms with Gasteiger partial charge in [0.25, 0.3) is 0 Å². The maximum atomic E-state index is 12.4. The first-order valence-electron chi connectivity index (χ1n) is 7.13. The van der Waals surface area contributed by atoms with Gasteiger partial charge >= 0.3 is 0 Å². The number of halogens is 1. The molecule has 0 saturated carbocycles. The standard InChI is InChI=1S/C14H17ClN4O2S/c15-13-3-1-12(2-4-13)6-10-22(20,21)18-8-5-14(11-18)19-9-7-16-17-19/h1-4,7,9,14H,5-6,8,10-11H2. The smallest absolute Gasteiger partial charge is 0.214 e. The first kappa shape index (κ1) is 15.5. The fraction of sp³-hybridized carbons (Fsp3) is 0.429. The van der Waals surface area contributed by atoms with E-state index in [1.165, 1.54) is 0 Å². The Balaban J connectivity index is 1.60. The molecule has 0 spiro atoms. The van der Waals surface area contributed by atoms with E-state index in [1.807, 2.05) is 12.1 Å². The van der Waals surface area contributed by atoms with Gasteiger partial charge in [-0.2, -0.15) is 4.31 Å². The molecular weight excluding hydrogens is 324 g/mol. The molecule has 1 unspecified atom stereocenters. The Hall–Kier alpha value is -1.44. The predicted molar refractivity (Wildman–Crippen MR) is 84.2 cm³/mol. The third kappa shape index (κ3) is 3.48. The van der Waals surface area contributed by atoms with E-state index in [4.69, 9.17) is 11.6 Å². The molecule has 0 N–H and O–H groups in total. The Kier molecular flexibility index (Phi) is 4.46. The van der Waals surface area contributed by atoms with Crippen molar-refractivity contribution in [3.05, 3.63) is 47.2 Å². The molecule has 2 heterocycles. The number of hydrogen-bond acceptors (Lipinski definition) is 4. The monoisotopic (exact) mass is 340 g/mol. The summed E-state index contributed by atoms with van der Waals surface area (Å²) in [6.07, 6.45) is 4.64. The summed E-state index contributed by atoms with van der Waals surface area (Å²) in [5.41, 5.74) is 0.972. The van der Waals surface area contributed by atoms with E-state index in [-0.39, 0.29) is 11.8 Å². The predicted octanol–water partition coefficient (Wildman–Crippen LogP) is 1.75. The number of benzene rings is 1. The zero-order valence-electron chi connectivity index (χ0n) is 12.0. The number of rotatable bonds is 5. The lowest BCUT2D eigenvalue weighted by Crippen LogP contribution is -2.32. The van der Waals surface area contributed by atoms with Crippen LogP contribution < -0.4 is 0 Å². The highest BCUT2D eigenvalue weighted by molar-refractivity contribution is 7.89. The van der Waals surface area contributed by atoms with Gasteiger partial charge in [0, 0.05) is 24.3 Å². The summed E-state index contributed by atoms with van der Waals surface area (Å²) in [5.74, 6) is 0.110. The number of sulfonamides is 1. The average Bonchev–Trinajstić information content (AvgIpc) is 3.18. The second-order valence-corrected chi connectivity index (χ2v) is 7.90. The van der Waals surface area contributed by atoms with Crippen molar-refractivity contribution in [2.24, 2.45) is 0 Å². The summed E-state index contributed by atoms with van der Waals surface area (Å²) in [6, 6.07) is 7.35.